The zero-order valence-electron chi connectivity index (χ0n) is 13.3. The topological polar surface area (TPSA) is 58.6 Å². The Morgan fingerprint density at radius 2 is 2.17 bits per heavy atom. The largest absolute Gasteiger partial charge is 0.381 e. The first-order valence-corrected chi connectivity index (χ1v) is 8.15. The van der Waals surface area contributed by atoms with Gasteiger partial charge in [-0.15, -0.1) is 0 Å². The number of piperidine rings is 1. The van der Waals surface area contributed by atoms with E-state index in [0.29, 0.717) is 32.6 Å². The van der Waals surface area contributed by atoms with E-state index in [2.05, 4.69) is 5.32 Å². The van der Waals surface area contributed by atoms with Gasteiger partial charge in [-0.1, -0.05) is 6.07 Å². The van der Waals surface area contributed by atoms with Crippen LogP contribution in [0, 0.1) is 17.6 Å². The van der Waals surface area contributed by atoms with Crippen molar-refractivity contribution >= 4 is 11.8 Å². The van der Waals surface area contributed by atoms with Crippen LogP contribution in [0.2, 0.25) is 0 Å². The van der Waals surface area contributed by atoms with Crippen LogP contribution in [-0.2, 0) is 20.9 Å². The Bertz CT molecular complexity index is 632. The molecule has 0 bridgehead atoms. The van der Waals surface area contributed by atoms with E-state index in [1.54, 1.807) is 0 Å². The van der Waals surface area contributed by atoms with Crippen molar-refractivity contribution in [3.8, 4) is 0 Å². The van der Waals surface area contributed by atoms with Gasteiger partial charge in [0.25, 0.3) is 0 Å². The van der Waals surface area contributed by atoms with Crippen LogP contribution in [-0.4, -0.2) is 42.5 Å². The van der Waals surface area contributed by atoms with Gasteiger partial charge in [-0.2, -0.15) is 0 Å². The molecule has 2 amide bonds. The second kappa shape index (κ2) is 7.25. The molecule has 7 heteroatoms. The molecule has 2 saturated heterocycles. The van der Waals surface area contributed by atoms with E-state index in [9.17, 15) is 18.4 Å². The number of carbonyl (C=O) groups excluding carboxylic acids is 2. The average Bonchev–Trinajstić information content (AvgIpc) is 3.08. The van der Waals surface area contributed by atoms with Gasteiger partial charge >= 0.3 is 0 Å². The summed E-state index contributed by atoms with van der Waals surface area (Å²) in [5, 5.41) is 2.79. The highest BCUT2D eigenvalue weighted by Crippen LogP contribution is 2.19. The summed E-state index contributed by atoms with van der Waals surface area (Å²) in [7, 11) is 0. The Morgan fingerprint density at radius 3 is 2.88 bits per heavy atom. The van der Waals surface area contributed by atoms with Crippen LogP contribution in [0.1, 0.15) is 24.8 Å². The van der Waals surface area contributed by atoms with Crippen molar-refractivity contribution in [2.75, 3.05) is 19.8 Å². The molecule has 3 rings (SSSR count). The maximum Gasteiger partial charge on any atom is 0.245 e. The predicted octanol–water partition coefficient (Wildman–Crippen LogP) is 1.61. The molecule has 2 aliphatic heterocycles. The quantitative estimate of drug-likeness (QED) is 0.907. The van der Waals surface area contributed by atoms with Gasteiger partial charge in [0, 0.05) is 31.3 Å². The van der Waals surface area contributed by atoms with E-state index in [1.807, 2.05) is 0 Å². The third kappa shape index (κ3) is 3.72. The lowest BCUT2D eigenvalue weighted by Gasteiger charge is -2.33. The third-order valence-electron chi connectivity index (χ3n) is 4.52. The number of halogens is 2. The molecular weight excluding hydrogens is 318 g/mol. The minimum atomic E-state index is -0.669. The first-order chi connectivity index (χ1) is 11.5. The summed E-state index contributed by atoms with van der Waals surface area (Å²) in [6.07, 6.45) is 1.96. The molecule has 2 fully saturated rings. The summed E-state index contributed by atoms with van der Waals surface area (Å²) in [5.41, 5.74) is 0.265. The monoisotopic (exact) mass is 338 g/mol. The van der Waals surface area contributed by atoms with E-state index in [1.165, 1.54) is 17.0 Å². The first kappa shape index (κ1) is 16.8. The minimum absolute atomic E-state index is 0.0733. The Balaban J connectivity index is 1.62. The van der Waals surface area contributed by atoms with E-state index in [0.717, 1.165) is 12.5 Å². The fourth-order valence-corrected chi connectivity index (χ4v) is 3.12. The third-order valence-corrected chi connectivity index (χ3v) is 4.52. The maximum absolute atomic E-state index is 13.8. The molecule has 0 spiro atoms. The molecule has 0 aliphatic carbocycles. The van der Waals surface area contributed by atoms with Crippen molar-refractivity contribution in [2.45, 2.75) is 31.8 Å². The molecule has 1 N–H and O–H groups in total. The zero-order valence-corrected chi connectivity index (χ0v) is 13.3. The number of nitrogens with one attached hydrogen (secondary N) is 1. The molecule has 1 aromatic rings. The molecule has 1 aromatic carbocycles. The molecule has 0 aromatic heterocycles. The molecule has 2 aliphatic rings. The fraction of sp³-hybridized carbons (Fsp3) is 0.529. The van der Waals surface area contributed by atoms with Crippen molar-refractivity contribution in [1.29, 1.82) is 0 Å². The van der Waals surface area contributed by atoms with E-state index in [4.69, 9.17) is 4.74 Å². The second-order valence-electron chi connectivity index (χ2n) is 6.26. The lowest BCUT2D eigenvalue weighted by atomic mass is 10.0. The Labute approximate surface area is 139 Å². The van der Waals surface area contributed by atoms with Crippen LogP contribution < -0.4 is 5.32 Å². The molecule has 5 nitrogen and oxygen atoms in total. The smallest absolute Gasteiger partial charge is 0.245 e. The number of amides is 2. The van der Waals surface area contributed by atoms with Crippen molar-refractivity contribution in [3.05, 3.63) is 35.4 Å². The van der Waals surface area contributed by atoms with Crippen molar-refractivity contribution in [3.63, 3.8) is 0 Å². The van der Waals surface area contributed by atoms with Gasteiger partial charge < -0.3 is 15.0 Å². The number of hydrogen-bond donors (Lipinski definition) is 1. The summed E-state index contributed by atoms with van der Waals surface area (Å²) in [6, 6.07) is 2.74. The van der Waals surface area contributed by atoms with Crippen LogP contribution in [0.25, 0.3) is 0 Å². The van der Waals surface area contributed by atoms with Crippen LogP contribution in [0.5, 0.6) is 0 Å². The molecule has 0 radical (unpaired) electrons. The predicted molar refractivity (Wildman–Crippen MR) is 81.9 cm³/mol. The molecule has 24 heavy (non-hydrogen) atoms. The number of rotatable bonds is 4. The molecular formula is C17H20F2N2O3. The van der Waals surface area contributed by atoms with Crippen molar-refractivity contribution < 1.29 is 23.1 Å². The molecule has 2 heterocycles. The Hall–Kier alpha value is -2.02. The highest BCUT2D eigenvalue weighted by molar-refractivity contribution is 5.89. The summed E-state index contributed by atoms with van der Waals surface area (Å²) in [6.45, 7) is 1.52. The number of carbonyl (C=O) groups is 2. The number of hydrogen-bond acceptors (Lipinski definition) is 3. The second-order valence-corrected chi connectivity index (χ2v) is 6.26. The van der Waals surface area contributed by atoms with Crippen LogP contribution in [0.15, 0.2) is 18.2 Å². The van der Waals surface area contributed by atoms with Crippen molar-refractivity contribution in [1.82, 2.24) is 10.2 Å². The van der Waals surface area contributed by atoms with E-state index < -0.39 is 17.7 Å². The van der Waals surface area contributed by atoms with E-state index in [-0.39, 0.29) is 29.8 Å². The number of likely N-dealkylation sites (tertiary alicyclic amines) is 1. The standard InChI is InChI=1S/C17H20F2N2O3/c18-13-4-3-11(14(19)8-13)9-21-6-1-2-15(17(21)23)20-16(22)12-5-7-24-10-12/h3-4,8,12,15H,1-2,5-7,9-10H2,(H,20,22)/t12-,15-/m0/s1. The molecule has 2 atom stereocenters. The fourth-order valence-electron chi connectivity index (χ4n) is 3.12. The van der Waals surface area contributed by atoms with Crippen molar-refractivity contribution in [2.24, 2.45) is 5.92 Å². The van der Waals surface area contributed by atoms with Gasteiger partial charge in [-0.3, -0.25) is 9.59 Å². The zero-order chi connectivity index (χ0) is 17.1. The summed E-state index contributed by atoms with van der Waals surface area (Å²) in [5.74, 6) is -1.91. The number of benzene rings is 1. The average molecular weight is 338 g/mol. The van der Waals surface area contributed by atoms with Gasteiger partial charge in [0.05, 0.1) is 12.5 Å². The minimum Gasteiger partial charge on any atom is -0.381 e. The summed E-state index contributed by atoms with van der Waals surface area (Å²) < 4.78 is 31.9. The van der Waals surface area contributed by atoms with Crippen LogP contribution >= 0.6 is 0 Å². The lowest BCUT2D eigenvalue weighted by molar-refractivity contribution is -0.140. The first-order valence-electron chi connectivity index (χ1n) is 8.15. The van der Waals surface area contributed by atoms with Crippen LogP contribution in [0.4, 0.5) is 8.78 Å². The molecule has 130 valence electrons. The highest BCUT2D eigenvalue weighted by Gasteiger charge is 2.33. The molecule has 0 saturated carbocycles. The Kier molecular flexibility index (Phi) is 5.08. The normalized spacial score (nSPS) is 24.2. The highest BCUT2D eigenvalue weighted by atomic mass is 19.1. The van der Waals surface area contributed by atoms with Gasteiger partial charge in [0.1, 0.15) is 17.7 Å². The SMILES string of the molecule is O=C(N[C@H]1CCCN(Cc2ccc(F)cc2F)C1=O)[C@H]1CCOC1. The maximum atomic E-state index is 13.8. The lowest BCUT2D eigenvalue weighted by Crippen LogP contribution is -2.53. The van der Waals surface area contributed by atoms with Gasteiger partial charge in [-0.25, -0.2) is 8.78 Å². The summed E-state index contributed by atoms with van der Waals surface area (Å²) in [4.78, 5) is 26.2. The van der Waals surface area contributed by atoms with Gasteiger partial charge in [-0.05, 0) is 25.3 Å². The molecule has 0 unspecified atom stereocenters. The van der Waals surface area contributed by atoms with Gasteiger partial charge in [0.2, 0.25) is 11.8 Å². The van der Waals surface area contributed by atoms with Crippen LogP contribution in [0.3, 0.4) is 0 Å². The Morgan fingerprint density at radius 1 is 1.33 bits per heavy atom. The van der Waals surface area contributed by atoms with Gasteiger partial charge in [0.15, 0.2) is 0 Å². The van der Waals surface area contributed by atoms with E-state index >= 15 is 0 Å². The number of ether oxygens (including phenoxy) is 1. The summed E-state index contributed by atoms with van der Waals surface area (Å²) >= 11 is 0. The number of nitrogens with zero attached hydrogens (tertiary/aromatic N) is 1.